The van der Waals surface area contributed by atoms with Crippen molar-refractivity contribution in [3.63, 3.8) is 0 Å². The van der Waals surface area contributed by atoms with Crippen LogP contribution in [-0.4, -0.2) is 56.9 Å². The van der Waals surface area contributed by atoms with E-state index in [-0.39, 0.29) is 0 Å². The van der Waals surface area contributed by atoms with Gasteiger partial charge < -0.3 is 37.9 Å². The van der Waals surface area contributed by atoms with Gasteiger partial charge in [-0.3, -0.25) is 0 Å². The molecule has 0 spiro atoms. The van der Waals surface area contributed by atoms with Gasteiger partial charge in [0.1, 0.15) is 0 Å². The zero-order valence-corrected chi connectivity index (χ0v) is 25.1. The minimum Gasteiger partial charge on any atom is -0.486 e. The van der Waals surface area contributed by atoms with Crippen LogP contribution < -0.4 is 0 Å². The van der Waals surface area contributed by atoms with Gasteiger partial charge in [-0.05, 0) is 86.4 Å². The van der Waals surface area contributed by atoms with Gasteiger partial charge >= 0.3 is 0 Å². The molecule has 32 heavy (non-hydrogen) atoms. The molecule has 0 bridgehead atoms. The van der Waals surface area contributed by atoms with Gasteiger partial charge in [0.05, 0.1) is 56.9 Å². The Bertz CT molecular complexity index is 549. The fourth-order valence-corrected chi connectivity index (χ4v) is 11.4. The van der Waals surface area contributed by atoms with Crippen LogP contribution in [0.1, 0.15) is 0 Å². The second kappa shape index (κ2) is 17.6. The Balaban J connectivity index is 3.46. The summed E-state index contributed by atoms with van der Waals surface area (Å²) in [4.78, 5) is 0. The molecule has 184 valence electrons. The second-order valence-electron chi connectivity index (χ2n) is 4.60. The lowest BCUT2D eigenvalue weighted by atomic mass is 11.0. The van der Waals surface area contributed by atoms with Gasteiger partial charge in [-0.15, -0.1) is 0 Å². The molecule has 0 saturated carbocycles. The van der Waals surface area contributed by atoms with Crippen molar-refractivity contribution >= 4 is 86.4 Å². The Kier molecular flexibility index (Phi) is 16.6. The van der Waals surface area contributed by atoms with E-state index in [0.717, 1.165) is 0 Å². The van der Waals surface area contributed by atoms with E-state index in [2.05, 4.69) is 0 Å². The van der Waals surface area contributed by atoms with Gasteiger partial charge in [-0.2, -0.15) is 0 Å². The minimum atomic E-state index is 0.556. The van der Waals surface area contributed by atoms with Crippen LogP contribution in [0.5, 0.6) is 0 Å². The predicted octanol–water partition coefficient (Wildman–Crippen LogP) is 7.20. The highest BCUT2D eigenvalue weighted by atomic mass is 33.1. The maximum atomic E-state index is 5.54. The fourth-order valence-electron chi connectivity index (χ4n) is 1.51. The van der Waals surface area contributed by atoms with Crippen molar-refractivity contribution in [2.24, 2.45) is 0 Å². The first-order valence-corrected chi connectivity index (χ1v) is 16.8. The van der Waals surface area contributed by atoms with Crippen molar-refractivity contribution in [1.82, 2.24) is 0 Å². The van der Waals surface area contributed by atoms with Gasteiger partial charge in [0, 0.05) is 0 Å². The van der Waals surface area contributed by atoms with Gasteiger partial charge in [0.15, 0.2) is 0 Å². The van der Waals surface area contributed by atoms with Crippen LogP contribution in [0.2, 0.25) is 0 Å². The summed E-state index contributed by atoms with van der Waals surface area (Å²) < 4.78 is 44.3. The van der Waals surface area contributed by atoms with Gasteiger partial charge in [-0.25, -0.2) is 0 Å². The summed E-state index contributed by atoms with van der Waals surface area (Å²) in [5.74, 6) is 0. The summed E-state index contributed by atoms with van der Waals surface area (Å²) in [5.41, 5.74) is 0. The lowest BCUT2D eigenvalue weighted by molar-refractivity contribution is 0.264. The van der Waals surface area contributed by atoms with Gasteiger partial charge in [0.25, 0.3) is 0 Å². The second-order valence-corrected chi connectivity index (χ2v) is 12.9. The largest absolute Gasteiger partial charge is 0.486 e. The number of hydrogen-bond acceptors (Lipinski definition) is 16. The van der Waals surface area contributed by atoms with Crippen LogP contribution in [0.3, 0.4) is 0 Å². The average Bonchev–Trinajstić information content (AvgIpc) is 2.82. The topological polar surface area (TPSA) is 73.8 Å². The van der Waals surface area contributed by atoms with Crippen LogP contribution in [0.15, 0.2) is 40.7 Å². The van der Waals surface area contributed by atoms with Crippen LogP contribution >= 0.6 is 86.4 Å². The van der Waals surface area contributed by atoms with Crippen molar-refractivity contribution in [3.05, 3.63) is 40.7 Å². The first kappa shape index (κ1) is 30.2. The highest BCUT2D eigenvalue weighted by Gasteiger charge is 2.22. The molecule has 1 rings (SSSR count). The molecule has 0 unspecified atom stereocenters. The van der Waals surface area contributed by atoms with Crippen LogP contribution in [0, 0.1) is 0 Å². The molecule has 0 aromatic carbocycles. The number of rotatable bonds is 8. The Labute approximate surface area is 220 Å². The Morgan fingerprint density at radius 3 is 0.406 bits per heavy atom. The summed E-state index contributed by atoms with van der Waals surface area (Å²) in [6.07, 6.45) is 0. The lowest BCUT2D eigenvalue weighted by Crippen LogP contribution is -1.94. The van der Waals surface area contributed by atoms with Crippen molar-refractivity contribution in [2.45, 2.75) is 0 Å². The summed E-state index contributed by atoms with van der Waals surface area (Å²) >= 11 is 0. The molecular formula is C16H24O8S8. The van der Waals surface area contributed by atoms with Crippen molar-refractivity contribution < 1.29 is 37.9 Å². The maximum absolute atomic E-state index is 5.54. The maximum Gasteiger partial charge on any atom is 0.214 e. The normalized spacial score (nSPS) is 26.8. The molecule has 0 aliphatic carbocycles. The van der Waals surface area contributed by atoms with E-state index in [9.17, 15) is 0 Å². The fraction of sp³-hybridized carbons (Fsp3) is 0.500. The Hall–Kier alpha value is 0.160. The average molecular weight is 601 g/mol. The van der Waals surface area contributed by atoms with Crippen molar-refractivity contribution in [2.75, 3.05) is 56.9 Å². The van der Waals surface area contributed by atoms with E-state index in [1.54, 1.807) is 56.9 Å². The molecule has 0 saturated heterocycles. The van der Waals surface area contributed by atoms with E-state index < -0.39 is 0 Å². The van der Waals surface area contributed by atoms with Gasteiger partial charge in [-0.1, -0.05) is 0 Å². The van der Waals surface area contributed by atoms with E-state index >= 15 is 0 Å². The Morgan fingerprint density at radius 2 is 0.344 bits per heavy atom. The predicted molar refractivity (Wildman–Crippen MR) is 145 cm³/mol. The van der Waals surface area contributed by atoms with Crippen LogP contribution in [0.25, 0.3) is 0 Å². The summed E-state index contributed by atoms with van der Waals surface area (Å²) in [5, 5.41) is 4.45. The number of hydrogen-bond donors (Lipinski definition) is 0. The molecule has 1 heterocycles. The van der Waals surface area contributed by atoms with Crippen LogP contribution in [-0.2, 0) is 37.9 Å². The van der Waals surface area contributed by atoms with Gasteiger partial charge in [0.2, 0.25) is 40.7 Å². The number of ether oxygens (including phenoxy) is 8. The molecule has 16 heteroatoms. The summed E-state index contributed by atoms with van der Waals surface area (Å²) in [7, 11) is 23.3. The molecule has 0 aromatic rings. The lowest BCUT2D eigenvalue weighted by Gasteiger charge is -2.16. The highest BCUT2D eigenvalue weighted by Crippen LogP contribution is 2.52. The van der Waals surface area contributed by atoms with Crippen molar-refractivity contribution in [3.8, 4) is 0 Å². The number of methoxy groups -OCH3 is 8. The monoisotopic (exact) mass is 600 g/mol. The minimum absolute atomic E-state index is 0.556. The Morgan fingerprint density at radius 1 is 0.250 bits per heavy atom. The van der Waals surface area contributed by atoms with E-state index in [1.165, 1.54) is 86.4 Å². The SMILES string of the molecule is CO/C1=C(\OC)SS/C(OC)=C(\OC)SS/C(OC)=C(\OC)SS/C(OC)=C(\OC)SS1. The first-order valence-electron chi connectivity index (χ1n) is 8.20. The third-order valence-electron chi connectivity index (χ3n) is 2.92. The molecule has 1 aliphatic heterocycles. The van der Waals surface area contributed by atoms with E-state index in [1.807, 2.05) is 0 Å². The highest BCUT2D eigenvalue weighted by molar-refractivity contribution is 8.82. The molecule has 0 aromatic heterocycles. The van der Waals surface area contributed by atoms with Crippen molar-refractivity contribution in [1.29, 1.82) is 0 Å². The standard InChI is InChI=1S/C16H24O8S8/c1-17-9-10(18-2)26-28-13(21-5)14(22-6)30-32-16(24-8)15(23-7)31-29-12(20-4)11(19-3)27-25-9/h1-8H3/b10-9-,12-11+,14-13+,16-15+. The molecular weight excluding hydrogens is 577 g/mol. The zero-order chi connectivity index (χ0) is 23.9. The van der Waals surface area contributed by atoms with E-state index in [0.29, 0.717) is 40.7 Å². The molecule has 0 amide bonds. The molecule has 8 nitrogen and oxygen atoms in total. The quantitative estimate of drug-likeness (QED) is 0.263. The third kappa shape index (κ3) is 9.43. The molecule has 0 N–H and O–H groups in total. The zero-order valence-electron chi connectivity index (χ0n) is 18.5. The molecule has 0 fully saturated rings. The smallest absolute Gasteiger partial charge is 0.214 e. The van der Waals surface area contributed by atoms with Crippen LogP contribution in [0.4, 0.5) is 0 Å². The molecule has 1 aliphatic rings. The molecule has 0 radical (unpaired) electrons. The summed E-state index contributed by atoms with van der Waals surface area (Å²) in [6, 6.07) is 0. The third-order valence-corrected chi connectivity index (χ3v) is 12.4. The first-order chi connectivity index (χ1) is 15.5. The van der Waals surface area contributed by atoms with E-state index in [4.69, 9.17) is 37.9 Å². The summed E-state index contributed by atoms with van der Waals surface area (Å²) in [6.45, 7) is 0. The molecule has 0 atom stereocenters.